The third kappa shape index (κ3) is 6.41. The smallest absolute Gasteiger partial charge is 0.240 e. The molecule has 0 aliphatic carbocycles. The molecule has 5 heterocycles. The molecule has 5 aliphatic rings. The number of piperidine rings is 2. The molecule has 1 aromatic rings. The van der Waals surface area contributed by atoms with Crippen LogP contribution >= 0.6 is 0 Å². The van der Waals surface area contributed by atoms with E-state index < -0.39 is 17.5 Å². The number of nitrogens with zero attached hydrogens (tertiary/aromatic N) is 3. The molecule has 5 fully saturated rings. The highest BCUT2D eigenvalue weighted by Crippen LogP contribution is 2.31. The van der Waals surface area contributed by atoms with Gasteiger partial charge in [0.05, 0.1) is 25.1 Å². The van der Waals surface area contributed by atoms with Crippen LogP contribution in [0, 0.1) is 0 Å². The summed E-state index contributed by atoms with van der Waals surface area (Å²) in [5.74, 6) is -0.495. The van der Waals surface area contributed by atoms with Gasteiger partial charge in [0, 0.05) is 45.2 Å². The third-order valence-electron chi connectivity index (χ3n) is 9.18. The van der Waals surface area contributed by atoms with Gasteiger partial charge >= 0.3 is 0 Å². The van der Waals surface area contributed by atoms with Gasteiger partial charge in [0.25, 0.3) is 0 Å². The van der Waals surface area contributed by atoms with Crippen LogP contribution in [0.1, 0.15) is 56.9 Å². The summed E-state index contributed by atoms with van der Waals surface area (Å²) >= 11 is 0. The number of fused-ring (bicyclic) bond motifs is 8. The minimum Gasteiger partial charge on any atom is -0.497 e. The van der Waals surface area contributed by atoms with Gasteiger partial charge < -0.3 is 26.0 Å². The van der Waals surface area contributed by atoms with Crippen molar-refractivity contribution < 1.29 is 23.9 Å². The van der Waals surface area contributed by atoms with E-state index in [1.165, 1.54) is 0 Å². The van der Waals surface area contributed by atoms with E-state index in [-0.39, 0.29) is 42.6 Å². The number of likely N-dealkylation sites (tertiary alicyclic amines) is 1. The van der Waals surface area contributed by atoms with Crippen LogP contribution in [0.5, 0.6) is 5.75 Å². The second kappa shape index (κ2) is 12.1. The van der Waals surface area contributed by atoms with Crippen molar-refractivity contribution in [3.05, 3.63) is 29.8 Å². The number of methoxy groups -OCH3 is 1. The van der Waals surface area contributed by atoms with Crippen molar-refractivity contribution in [2.24, 2.45) is 5.73 Å². The van der Waals surface area contributed by atoms with Gasteiger partial charge in [-0.3, -0.25) is 29.0 Å². The van der Waals surface area contributed by atoms with E-state index in [1.807, 2.05) is 18.2 Å². The Morgan fingerprint density at radius 1 is 1.07 bits per heavy atom. The molecule has 5 aliphatic heterocycles. The summed E-state index contributed by atoms with van der Waals surface area (Å²) in [7, 11) is 1.65. The summed E-state index contributed by atoms with van der Waals surface area (Å²) in [6.45, 7) is 4.15. The summed E-state index contributed by atoms with van der Waals surface area (Å²) in [6, 6.07) is 6.91. The van der Waals surface area contributed by atoms with E-state index >= 15 is 0 Å². The Kier molecular flexibility index (Phi) is 8.60. The van der Waals surface area contributed by atoms with Gasteiger partial charge in [-0.1, -0.05) is 12.1 Å². The quantitative estimate of drug-likeness (QED) is 0.489. The Morgan fingerprint density at radius 2 is 1.82 bits per heavy atom. The van der Waals surface area contributed by atoms with Crippen LogP contribution < -0.4 is 21.1 Å². The molecule has 0 saturated carbocycles. The van der Waals surface area contributed by atoms with Crippen molar-refractivity contribution in [2.75, 3.05) is 39.8 Å². The van der Waals surface area contributed by atoms with Gasteiger partial charge in [0.15, 0.2) is 0 Å². The summed E-state index contributed by atoms with van der Waals surface area (Å²) in [6.07, 6.45) is 4.40. The van der Waals surface area contributed by atoms with Crippen LogP contribution in [0.15, 0.2) is 24.3 Å². The fourth-order valence-corrected chi connectivity index (χ4v) is 6.89. The summed E-state index contributed by atoms with van der Waals surface area (Å²) < 4.78 is 5.36. The molecule has 2 atom stereocenters. The lowest BCUT2D eigenvalue weighted by atomic mass is 9.83. The predicted octanol–water partition coefficient (Wildman–Crippen LogP) is 0.365. The number of benzene rings is 1. The summed E-state index contributed by atoms with van der Waals surface area (Å²) in [4.78, 5) is 58.7. The fourth-order valence-electron chi connectivity index (χ4n) is 6.89. The van der Waals surface area contributed by atoms with Gasteiger partial charge in [-0.15, -0.1) is 0 Å². The van der Waals surface area contributed by atoms with Gasteiger partial charge in [-0.05, 0) is 62.8 Å². The molecule has 2 bridgehead atoms. The highest BCUT2D eigenvalue weighted by molar-refractivity contribution is 5.92. The first kappa shape index (κ1) is 28.4. The van der Waals surface area contributed by atoms with E-state index in [0.29, 0.717) is 39.0 Å². The number of hydrogen-bond donors (Lipinski definition) is 3. The van der Waals surface area contributed by atoms with Gasteiger partial charge in [0.1, 0.15) is 11.8 Å². The molecule has 40 heavy (non-hydrogen) atoms. The Bertz CT molecular complexity index is 1110. The molecular weight excluding hydrogens is 512 g/mol. The number of ether oxygens (including phenoxy) is 1. The van der Waals surface area contributed by atoms with Crippen LogP contribution in [0.2, 0.25) is 0 Å². The average Bonchev–Trinajstić information content (AvgIpc) is 3.44. The Hall–Kier alpha value is -3.18. The lowest BCUT2D eigenvalue weighted by Crippen LogP contribution is -2.61. The second-order valence-electron chi connectivity index (χ2n) is 11.8. The number of carbonyl (C=O) groups excluding carboxylic acids is 4. The highest BCUT2D eigenvalue weighted by atomic mass is 16.5. The first-order valence-electron chi connectivity index (χ1n) is 14.5. The molecule has 4 N–H and O–H groups in total. The standard InChI is InChI=1S/C29H42N6O5/c1-40-22-5-2-4-20(16-22)19-33-14-9-29(10-15-33)18-25(36)31-23(27(30)38)17-26(37)34-12-7-21(8-13-34)35-11-3-6-24(35)28(39)32-29/h2,4-5,16,21,23-24H,3,6-15,17-19H2,1H3,(H2,30,38)(H,31,36)(H,32,39)/t23-,24-/m0/s1. The van der Waals surface area contributed by atoms with Crippen molar-refractivity contribution in [2.45, 2.75) is 81.6 Å². The van der Waals surface area contributed by atoms with Gasteiger partial charge in [0.2, 0.25) is 23.6 Å². The van der Waals surface area contributed by atoms with Crippen LogP contribution in [0.25, 0.3) is 0 Å². The summed E-state index contributed by atoms with van der Waals surface area (Å²) in [5.41, 5.74) is 6.00. The normalized spacial score (nSPS) is 27.0. The number of amides is 4. The molecule has 218 valence electrons. The topological polar surface area (TPSA) is 137 Å². The Morgan fingerprint density at radius 3 is 2.52 bits per heavy atom. The number of hydrogen-bond acceptors (Lipinski definition) is 7. The minimum absolute atomic E-state index is 0.0219. The molecule has 0 unspecified atom stereocenters. The second-order valence-corrected chi connectivity index (χ2v) is 11.8. The maximum atomic E-state index is 13.8. The van der Waals surface area contributed by atoms with E-state index in [1.54, 1.807) is 12.0 Å². The number of primary amides is 1. The molecular formula is C29H42N6O5. The SMILES string of the molecule is COc1cccc(CN2CCC3(CC2)CC(=O)N[C@H](C(N)=O)CC(=O)N2CCC(CC2)N2CCC[C@H]2C(=O)N3)c1. The number of carbonyl (C=O) groups is 4. The molecule has 11 nitrogen and oxygen atoms in total. The third-order valence-corrected chi connectivity index (χ3v) is 9.18. The number of nitrogens with one attached hydrogen (secondary N) is 2. The molecule has 4 amide bonds. The zero-order chi connectivity index (χ0) is 28.3. The lowest BCUT2D eigenvalue weighted by molar-refractivity contribution is -0.136. The van der Waals surface area contributed by atoms with Crippen LogP contribution in [0.3, 0.4) is 0 Å². The monoisotopic (exact) mass is 554 g/mol. The molecule has 0 aromatic heterocycles. The first-order chi connectivity index (χ1) is 19.2. The lowest BCUT2D eigenvalue weighted by Gasteiger charge is -2.44. The van der Waals surface area contributed by atoms with Crippen molar-refractivity contribution >= 4 is 23.6 Å². The predicted molar refractivity (Wildman–Crippen MR) is 148 cm³/mol. The van der Waals surface area contributed by atoms with E-state index in [0.717, 1.165) is 50.1 Å². The molecule has 6 rings (SSSR count). The average molecular weight is 555 g/mol. The highest BCUT2D eigenvalue weighted by Gasteiger charge is 2.43. The maximum Gasteiger partial charge on any atom is 0.240 e. The van der Waals surface area contributed by atoms with Crippen molar-refractivity contribution in [3.63, 3.8) is 0 Å². The maximum absolute atomic E-state index is 13.8. The van der Waals surface area contributed by atoms with E-state index in [2.05, 4.69) is 26.5 Å². The molecule has 1 spiro atoms. The van der Waals surface area contributed by atoms with Crippen LogP contribution in [-0.2, 0) is 25.7 Å². The zero-order valence-corrected chi connectivity index (χ0v) is 23.4. The number of rotatable bonds is 4. The first-order valence-corrected chi connectivity index (χ1v) is 14.5. The van der Waals surface area contributed by atoms with Crippen molar-refractivity contribution in [1.82, 2.24) is 25.3 Å². The molecule has 11 heteroatoms. The Labute approximate surface area is 235 Å². The largest absolute Gasteiger partial charge is 0.497 e. The Balaban J connectivity index is 1.35. The van der Waals surface area contributed by atoms with Gasteiger partial charge in [-0.2, -0.15) is 0 Å². The van der Waals surface area contributed by atoms with Gasteiger partial charge in [-0.25, -0.2) is 0 Å². The van der Waals surface area contributed by atoms with Crippen molar-refractivity contribution in [3.8, 4) is 5.75 Å². The zero-order valence-electron chi connectivity index (χ0n) is 23.4. The summed E-state index contributed by atoms with van der Waals surface area (Å²) in [5, 5.41) is 6.06. The van der Waals surface area contributed by atoms with Crippen LogP contribution in [-0.4, -0.2) is 102 Å². The van der Waals surface area contributed by atoms with E-state index in [9.17, 15) is 19.2 Å². The van der Waals surface area contributed by atoms with Crippen molar-refractivity contribution in [1.29, 1.82) is 0 Å². The molecule has 1 aromatic carbocycles. The van der Waals surface area contributed by atoms with E-state index in [4.69, 9.17) is 10.5 Å². The minimum atomic E-state index is -1.08. The number of nitrogens with two attached hydrogens (primary N) is 1. The fraction of sp³-hybridized carbons (Fsp3) is 0.655. The molecule has 0 radical (unpaired) electrons. The molecule has 5 saturated heterocycles. The van der Waals surface area contributed by atoms with Crippen LogP contribution in [0.4, 0.5) is 0 Å².